The van der Waals surface area contributed by atoms with Crippen molar-refractivity contribution in [3.05, 3.63) is 83.4 Å². The van der Waals surface area contributed by atoms with E-state index in [0.717, 1.165) is 22.2 Å². The average Bonchev–Trinajstić information content (AvgIpc) is 3.37. The standard InChI is InChI=1S/C22H15F3N4O/c23-15-7-5-13(6-8-15)17-11-19(20(24)25)29-21(27-17)16(12-26-29)22(30)28-10-9-14-3-1-2-4-18(14)28/h1-8,11-12,20H,9-10H2. The lowest BCUT2D eigenvalue weighted by Gasteiger charge is -2.16. The van der Waals surface area contributed by atoms with Gasteiger partial charge in [-0.3, -0.25) is 4.79 Å². The van der Waals surface area contributed by atoms with Gasteiger partial charge in [0.2, 0.25) is 0 Å². The molecule has 0 saturated heterocycles. The fraction of sp³-hybridized carbons (Fsp3) is 0.136. The Bertz CT molecular complexity index is 1270. The quantitative estimate of drug-likeness (QED) is 0.495. The van der Waals surface area contributed by atoms with Crippen molar-refractivity contribution >= 4 is 17.2 Å². The van der Waals surface area contributed by atoms with Gasteiger partial charge in [0.15, 0.2) is 5.65 Å². The SMILES string of the molecule is O=C(c1cnn2c(C(F)F)cc(-c3ccc(F)cc3)nc12)N1CCc2ccccc21. The molecule has 2 aromatic heterocycles. The zero-order chi connectivity index (χ0) is 20.8. The maximum Gasteiger partial charge on any atom is 0.280 e. The van der Waals surface area contributed by atoms with Crippen LogP contribution in [0.1, 0.15) is 28.0 Å². The van der Waals surface area contributed by atoms with Gasteiger partial charge in [-0.2, -0.15) is 5.10 Å². The molecule has 5 rings (SSSR count). The number of alkyl halides is 2. The number of hydrogen-bond donors (Lipinski definition) is 0. The van der Waals surface area contributed by atoms with Crippen molar-refractivity contribution in [3.8, 4) is 11.3 Å². The molecular weight excluding hydrogens is 393 g/mol. The second kappa shape index (κ2) is 6.98. The van der Waals surface area contributed by atoms with Gasteiger partial charge in [-0.1, -0.05) is 18.2 Å². The zero-order valence-corrected chi connectivity index (χ0v) is 15.6. The van der Waals surface area contributed by atoms with Gasteiger partial charge in [0.05, 0.1) is 11.9 Å². The minimum Gasteiger partial charge on any atom is -0.308 e. The van der Waals surface area contributed by atoms with Crippen molar-refractivity contribution in [2.75, 3.05) is 11.4 Å². The Labute approximate surface area is 169 Å². The van der Waals surface area contributed by atoms with Crippen molar-refractivity contribution in [3.63, 3.8) is 0 Å². The highest BCUT2D eigenvalue weighted by Gasteiger charge is 2.29. The predicted octanol–water partition coefficient (Wildman–Crippen LogP) is 4.68. The zero-order valence-electron chi connectivity index (χ0n) is 15.6. The minimum absolute atomic E-state index is 0.0431. The minimum atomic E-state index is -2.83. The van der Waals surface area contributed by atoms with Gasteiger partial charge in [-0.05, 0) is 48.4 Å². The third kappa shape index (κ3) is 2.92. The number of carbonyl (C=O) groups excluding carboxylic acids is 1. The van der Waals surface area contributed by atoms with Gasteiger partial charge in [0.1, 0.15) is 17.1 Å². The summed E-state index contributed by atoms with van der Waals surface area (Å²) in [6, 6.07) is 14.1. The molecule has 1 aliphatic rings. The highest BCUT2D eigenvalue weighted by molar-refractivity contribution is 6.10. The number of benzene rings is 2. The Morgan fingerprint density at radius 2 is 1.83 bits per heavy atom. The molecule has 1 amide bonds. The molecule has 8 heteroatoms. The van der Waals surface area contributed by atoms with E-state index in [0.29, 0.717) is 12.1 Å². The van der Waals surface area contributed by atoms with Crippen LogP contribution in [0.3, 0.4) is 0 Å². The van der Waals surface area contributed by atoms with Crippen LogP contribution < -0.4 is 4.90 Å². The Morgan fingerprint density at radius 3 is 2.60 bits per heavy atom. The number of amides is 1. The molecule has 0 atom stereocenters. The molecule has 150 valence electrons. The molecule has 0 saturated carbocycles. The number of nitrogens with zero attached hydrogens (tertiary/aromatic N) is 4. The van der Waals surface area contributed by atoms with Gasteiger partial charge >= 0.3 is 0 Å². The van der Waals surface area contributed by atoms with Gasteiger partial charge in [0.25, 0.3) is 12.3 Å². The number of fused-ring (bicyclic) bond motifs is 2. The molecule has 0 fully saturated rings. The van der Waals surface area contributed by atoms with Crippen LogP contribution in [0.5, 0.6) is 0 Å². The van der Waals surface area contributed by atoms with E-state index >= 15 is 0 Å². The van der Waals surface area contributed by atoms with E-state index in [9.17, 15) is 18.0 Å². The summed E-state index contributed by atoms with van der Waals surface area (Å²) in [7, 11) is 0. The van der Waals surface area contributed by atoms with E-state index in [1.807, 2.05) is 24.3 Å². The first-order valence-electron chi connectivity index (χ1n) is 9.35. The van der Waals surface area contributed by atoms with E-state index in [1.165, 1.54) is 36.5 Å². The predicted molar refractivity (Wildman–Crippen MR) is 105 cm³/mol. The van der Waals surface area contributed by atoms with E-state index < -0.39 is 12.2 Å². The highest BCUT2D eigenvalue weighted by Crippen LogP contribution is 2.31. The van der Waals surface area contributed by atoms with Crippen LogP contribution >= 0.6 is 0 Å². The van der Waals surface area contributed by atoms with Crippen LogP contribution in [-0.4, -0.2) is 27.0 Å². The Morgan fingerprint density at radius 1 is 1.07 bits per heavy atom. The second-order valence-electron chi connectivity index (χ2n) is 7.00. The molecule has 4 aromatic rings. The van der Waals surface area contributed by atoms with E-state index in [2.05, 4.69) is 10.1 Å². The average molecular weight is 408 g/mol. The van der Waals surface area contributed by atoms with E-state index in [1.54, 1.807) is 4.90 Å². The number of anilines is 1. The summed E-state index contributed by atoms with van der Waals surface area (Å²) in [4.78, 5) is 19.3. The van der Waals surface area contributed by atoms with Crippen LogP contribution in [0.2, 0.25) is 0 Å². The van der Waals surface area contributed by atoms with Gasteiger partial charge in [-0.25, -0.2) is 22.7 Å². The summed E-state index contributed by atoms with van der Waals surface area (Å²) in [5.74, 6) is -0.791. The Hall–Kier alpha value is -3.68. The summed E-state index contributed by atoms with van der Waals surface area (Å²) < 4.78 is 41.7. The smallest absolute Gasteiger partial charge is 0.280 e. The van der Waals surface area contributed by atoms with Crippen molar-refractivity contribution in [1.82, 2.24) is 14.6 Å². The topological polar surface area (TPSA) is 50.5 Å². The third-order valence-electron chi connectivity index (χ3n) is 5.23. The largest absolute Gasteiger partial charge is 0.308 e. The summed E-state index contributed by atoms with van der Waals surface area (Å²) >= 11 is 0. The number of rotatable bonds is 3. The fourth-order valence-corrected chi connectivity index (χ4v) is 3.76. The molecular formula is C22H15F3N4O. The first-order chi connectivity index (χ1) is 14.5. The van der Waals surface area contributed by atoms with Gasteiger partial charge in [0, 0.05) is 17.8 Å². The molecule has 1 aliphatic heterocycles. The highest BCUT2D eigenvalue weighted by atomic mass is 19.3. The molecule has 2 aromatic carbocycles. The molecule has 0 bridgehead atoms. The molecule has 3 heterocycles. The second-order valence-corrected chi connectivity index (χ2v) is 7.00. The van der Waals surface area contributed by atoms with Crippen molar-refractivity contribution in [2.45, 2.75) is 12.8 Å². The normalized spacial score (nSPS) is 13.3. The number of para-hydroxylation sites is 1. The molecule has 0 N–H and O–H groups in total. The maximum atomic E-state index is 13.7. The van der Waals surface area contributed by atoms with Crippen LogP contribution in [-0.2, 0) is 6.42 Å². The third-order valence-corrected chi connectivity index (χ3v) is 5.23. The first kappa shape index (κ1) is 18.4. The van der Waals surface area contributed by atoms with Gasteiger partial charge in [-0.15, -0.1) is 0 Å². The molecule has 0 aliphatic carbocycles. The van der Waals surface area contributed by atoms with Crippen LogP contribution in [0, 0.1) is 5.82 Å². The number of carbonyl (C=O) groups is 1. The molecule has 0 spiro atoms. The summed E-state index contributed by atoms with van der Waals surface area (Å²) in [5, 5.41) is 4.00. The Kier molecular flexibility index (Phi) is 4.27. The monoisotopic (exact) mass is 408 g/mol. The lowest BCUT2D eigenvalue weighted by atomic mass is 10.1. The fourth-order valence-electron chi connectivity index (χ4n) is 3.76. The van der Waals surface area contributed by atoms with E-state index in [4.69, 9.17) is 0 Å². The number of hydrogen-bond acceptors (Lipinski definition) is 3. The lowest BCUT2D eigenvalue weighted by Crippen LogP contribution is -2.28. The summed E-state index contributed by atoms with van der Waals surface area (Å²) in [5.41, 5.74) is 2.32. The first-order valence-corrected chi connectivity index (χ1v) is 9.35. The lowest BCUT2D eigenvalue weighted by molar-refractivity contribution is 0.0990. The van der Waals surface area contributed by atoms with Crippen molar-refractivity contribution in [2.24, 2.45) is 0 Å². The summed E-state index contributed by atoms with van der Waals surface area (Å²) in [6.07, 6.45) is -0.839. The molecule has 0 radical (unpaired) electrons. The Balaban J connectivity index is 1.65. The van der Waals surface area contributed by atoms with Crippen LogP contribution in [0.4, 0.5) is 18.9 Å². The molecule has 5 nitrogen and oxygen atoms in total. The summed E-state index contributed by atoms with van der Waals surface area (Å²) in [6.45, 7) is 0.495. The maximum absolute atomic E-state index is 13.7. The van der Waals surface area contributed by atoms with Crippen molar-refractivity contribution < 1.29 is 18.0 Å². The van der Waals surface area contributed by atoms with Crippen molar-refractivity contribution in [1.29, 1.82) is 0 Å². The number of aromatic nitrogens is 3. The van der Waals surface area contributed by atoms with E-state index in [-0.39, 0.29) is 28.5 Å². The van der Waals surface area contributed by atoms with Gasteiger partial charge < -0.3 is 4.90 Å². The number of halogens is 3. The molecule has 30 heavy (non-hydrogen) atoms. The van der Waals surface area contributed by atoms with Crippen LogP contribution in [0.15, 0.2) is 60.8 Å². The molecule has 0 unspecified atom stereocenters. The van der Waals surface area contributed by atoms with Crippen LogP contribution in [0.25, 0.3) is 16.9 Å².